The van der Waals surface area contributed by atoms with Gasteiger partial charge in [0.25, 0.3) is 0 Å². The van der Waals surface area contributed by atoms with E-state index < -0.39 is 10.0 Å². The Morgan fingerprint density at radius 2 is 1.65 bits per heavy atom. The molecule has 34 heavy (non-hydrogen) atoms. The van der Waals surface area contributed by atoms with Gasteiger partial charge in [0.05, 0.1) is 17.6 Å². The van der Waals surface area contributed by atoms with E-state index in [1.165, 1.54) is 22.0 Å². The normalized spacial score (nSPS) is 18.4. The van der Waals surface area contributed by atoms with E-state index in [2.05, 4.69) is 17.0 Å². The number of ether oxygens (including phenoxy) is 1. The molecule has 4 rings (SSSR count). The third-order valence-corrected chi connectivity index (χ3v) is 8.63. The molecule has 2 aromatic carbocycles. The van der Waals surface area contributed by atoms with Crippen molar-refractivity contribution < 1.29 is 17.9 Å². The number of carbonyl (C=O) groups excluding carboxylic acids is 1. The van der Waals surface area contributed by atoms with Gasteiger partial charge in [-0.2, -0.15) is 9.57 Å². The highest BCUT2D eigenvalue weighted by Gasteiger charge is 2.35. The van der Waals surface area contributed by atoms with Crippen LogP contribution in [-0.4, -0.2) is 74.8 Å². The maximum Gasteiger partial charge on any atom is 0.244 e. The largest absolute Gasteiger partial charge is 0.497 e. The summed E-state index contributed by atoms with van der Waals surface area (Å²) in [6, 6.07) is 16.3. The highest BCUT2D eigenvalue weighted by atomic mass is 32.2. The van der Waals surface area contributed by atoms with Crippen molar-refractivity contribution in [1.82, 2.24) is 14.1 Å². The zero-order chi connectivity index (χ0) is 24.1. The zero-order valence-corrected chi connectivity index (χ0v) is 20.2. The minimum atomic E-state index is -3.75. The third-order valence-electron chi connectivity index (χ3n) is 6.68. The molecule has 0 aliphatic carbocycles. The smallest absolute Gasteiger partial charge is 0.244 e. The van der Waals surface area contributed by atoms with Gasteiger partial charge in [0, 0.05) is 51.7 Å². The van der Waals surface area contributed by atoms with Crippen molar-refractivity contribution in [3.63, 3.8) is 0 Å². The number of rotatable bonds is 6. The summed E-state index contributed by atoms with van der Waals surface area (Å²) in [6.45, 7) is 4.41. The molecule has 2 aromatic rings. The van der Waals surface area contributed by atoms with Gasteiger partial charge in [0.1, 0.15) is 11.8 Å². The SMILES string of the molecule is COc1ccc(CN2CCN(C(=O)C3CCN(S(=O)(=O)c4ccccc4C#N)CC3)CC2)cc1. The predicted molar refractivity (Wildman–Crippen MR) is 127 cm³/mol. The Bertz CT molecular complexity index is 1140. The van der Waals surface area contributed by atoms with Crippen LogP contribution in [0.5, 0.6) is 5.75 Å². The molecule has 0 aromatic heterocycles. The summed E-state index contributed by atoms with van der Waals surface area (Å²) in [5.74, 6) is 0.802. The van der Waals surface area contributed by atoms with Gasteiger partial charge in [-0.15, -0.1) is 0 Å². The molecule has 0 unspecified atom stereocenters. The fourth-order valence-electron chi connectivity index (χ4n) is 4.64. The third kappa shape index (κ3) is 5.25. The van der Waals surface area contributed by atoms with Crippen LogP contribution in [0.2, 0.25) is 0 Å². The number of piperidine rings is 1. The van der Waals surface area contributed by atoms with Crippen molar-refractivity contribution in [3.05, 3.63) is 59.7 Å². The van der Waals surface area contributed by atoms with Gasteiger partial charge in [0.15, 0.2) is 0 Å². The topological polar surface area (TPSA) is 93.9 Å². The van der Waals surface area contributed by atoms with E-state index in [1.807, 2.05) is 23.1 Å². The summed E-state index contributed by atoms with van der Waals surface area (Å²) >= 11 is 0. The van der Waals surface area contributed by atoms with Crippen LogP contribution in [0.15, 0.2) is 53.4 Å². The van der Waals surface area contributed by atoms with Crippen LogP contribution >= 0.6 is 0 Å². The molecular weight excluding hydrogens is 452 g/mol. The van der Waals surface area contributed by atoms with Crippen LogP contribution < -0.4 is 4.74 Å². The standard InChI is InChI=1S/C25H30N4O4S/c1-33-23-8-6-20(7-9-23)19-27-14-16-28(17-15-27)25(30)21-10-12-29(13-11-21)34(31,32)24-5-3-2-4-22(24)18-26/h2-9,21H,10-17,19H2,1H3. The summed E-state index contributed by atoms with van der Waals surface area (Å²) in [5, 5.41) is 9.27. The van der Waals surface area contributed by atoms with Crippen LogP contribution in [0.4, 0.5) is 0 Å². The number of hydrogen-bond acceptors (Lipinski definition) is 6. The van der Waals surface area contributed by atoms with Crippen molar-refractivity contribution in [2.45, 2.75) is 24.3 Å². The second-order valence-electron chi connectivity index (χ2n) is 8.74. The number of hydrogen-bond donors (Lipinski definition) is 0. The Hall–Kier alpha value is -2.93. The first-order valence-corrected chi connectivity index (χ1v) is 13.0. The minimum Gasteiger partial charge on any atom is -0.497 e. The number of methoxy groups -OCH3 is 1. The highest BCUT2D eigenvalue weighted by Crippen LogP contribution is 2.27. The summed E-state index contributed by atoms with van der Waals surface area (Å²) < 4.78 is 32.7. The zero-order valence-electron chi connectivity index (χ0n) is 19.4. The van der Waals surface area contributed by atoms with E-state index in [0.29, 0.717) is 25.9 Å². The molecule has 2 heterocycles. The maximum atomic E-state index is 13.1. The molecule has 0 atom stereocenters. The predicted octanol–water partition coefficient (Wildman–Crippen LogP) is 2.31. The van der Waals surface area contributed by atoms with Crippen molar-refractivity contribution in [3.8, 4) is 11.8 Å². The average Bonchev–Trinajstić information content (AvgIpc) is 2.89. The van der Waals surface area contributed by atoms with Crippen molar-refractivity contribution in [2.24, 2.45) is 5.92 Å². The van der Waals surface area contributed by atoms with Gasteiger partial charge in [0.2, 0.25) is 15.9 Å². The number of carbonyl (C=O) groups is 1. The van der Waals surface area contributed by atoms with Crippen LogP contribution in [-0.2, 0) is 21.4 Å². The van der Waals surface area contributed by atoms with Gasteiger partial charge in [-0.25, -0.2) is 8.42 Å². The molecule has 2 fully saturated rings. The molecule has 0 N–H and O–H groups in total. The Labute approximate surface area is 201 Å². The van der Waals surface area contributed by atoms with E-state index in [9.17, 15) is 18.5 Å². The Morgan fingerprint density at radius 3 is 2.26 bits per heavy atom. The molecule has 2 aliphatic heterocycles. The average molecular weight is 483 g/mol. The molecule has 9 heteroatoms. The minimum absolute atomic E-state index is 0.0373. The van der Waals surface area contributed by atoms with Crippen LogP contribution in [0.1, 0.15) is 24.0 Å². The lowest BCUT2D eigenvalue weighted by Crippen LogP contribution is -2.51. The molecule has 2 saturated heterocycles. The van der Waals surface area contributed by atoms with Gasteiger partial charge in [-0.1, -0.05) is 24.3 Å². The molecule has 180 valence electrons. The van der Waals surface area contributed by atoms with E-state index in [1.54, 1.807) is 19.2 Å². The van der Waals surface area contributed by atoms with Crippen LogP contribution in [0.3, 0.4) is 0 Å². The number of piperazine rings is 1. The van der Waals surface area contributed by atoms with Crippen LogP contribution in [0.25, 0.3) is 0 Å². The van der Waals surface area contributed by atoms with Gasteiger partial charge >= 0.3 is 0 Å². The van der Waals surface area contributed by atoms with E-state index in [0.717, 1.165) is 25.4 Å². The first-order valence-electron chi connectivity index (χ1n) is 11.6. The maximum absolute atomic E-state index is 13.1. The number of sulfonamides is 1. The van der Waals surface area contributed by atoms with Gasteiger partial charge in [-0.3, -0.25) is 9.69 Å². The second-order valence-corrected chi connectivity index (χ2v) is 10.6. The Kier molecular flexibility index (Phi) is 7.51. The molecule has 8 nitrogen and oxygen atoms in total. The molecule has 0 radical (unpaired) electrons. The molecule has 0 spiro atoms. The molecular formula is C25H30N4O4S. The summed E-state index contributed by atoms with van der Waals surface area (Å²) in [6.07, 6.45) is 0.998. The highest BCUT2D eigenvalue weighted by molar-refractivity contribution is 7.89. The number of amides is 1. The number of nitrogens with zero attached hydrogens (tertiary/aromatic N) is 4. The lowest BCUT2D eigenvalue weighted by molar-refractivity contribution is -0.138. The quantitative estimate of drug-likeness (QED) is 0.627. The van der Waals surface area contributed by atoms with Crippen LogP contribution in [0, 0.1) is 17.2 Å². The first kappa shape index (κ1) is 24.2. The summed E-state index contributed by atoms with van der Waals surface area (Å²) in [7, 11) is -2.09. The molecule has 2 aliphatic rings. The monoisotopic (exact) mass is 482 g/mol. The lowest BCUT2D eigenvalue weighted by atomic mass is 9.96. The molecule has 0 bridgehead atoms. The van der Waals surface area contributed by atoms with E-state index >= 15 is 0 Å². The second kappa shape index (κ2) is 10.6. The van der Waals surface area contributed by atoms with Crippen molar-refractivity contribution >= 4 is 15.9 Å². The first-order chi connectivity index (χ1) is 16.4. The Balaban J connectivity index is 1.28. The van der Waals surface area contributed by atoms with E-state index in [-0.39, 0.29) is 35.4 Å². The van der Waals surface area contributed by atoms with Crippen molar-refractivity contribution in [2.75, 3.05) is 46.4 Å². The molecule has 1 amide bonds. The number of benzene rings is 2. The summed E-state index contributed by atoms with van der Waals surface area (Å²) in [5.41, 5.74) is 1.36. The fraction of sp³-hybridized carbons (Fsp3) is 0.440. The fourth-order valence-corrected chi connectivity index (χ4v) is 6.25. The van der Waals surface area contributed by atoms with E-state index in [4.69, 9.17) is 4.74 Å². The Morgan fingerprint density at radius 1 is 1.00 bits per heavy atom. The van der Waals surface area contributed by atoms with Crippen molar-refractivity contribution in [1.29, 1.82) is 5.26 Å². The van der Waals surface area contributed by atoms with Gasteiger partial charge < -0.3 is 9.64 Å². The lowest BCUT2D eigenvalue weighted by Gasteiger charge is -2.38. The van der Waals surface area contributed by atoms with Gasteiger partial charge in [-0.05, 0) is 42.7 Å². The summed E-state index contributed by atoms with van der Waals surface area (Å²) in [4.78, 5) is 17.4. The number of nitriles is 1. The molecule has 0 saturated carbocycles.